The van der Waals surface area contributed by atoms with E-state index in [1.807, 2.05) is 20.8 Å². The molecular weight excluding hydrogens is 178 g/mol. The summed E-state index contributed by atoms with van der Waals surface area (Å²) in [7, 11) is 0. The van der Waals surface area contributed by atoms with E-state index in [-0.39, 0.29) is 5.60 Å². The summed E-state index contributed by atoms with van der Waals surface area (Å²) in [5, 5.41) is 0. The van der Waals surface area contributed by atoms with Gasteiger partial charge in [-0.3, -0.25) is 4.79 Å². The molecule has 1 amide bonds. The number of amides is 1. The van der Waals surface area contributed by atoms with Crippen LogP contribution < -0.4 is 10.5 Å². The molecule has 14 heavy (non-hydrogen) atoms. The first-order valence-electron chi connectivity index (χ1n) is 4.47. The van der Waals surface area contributed by atoms with E-state index in [2.05, 4.69) is 0 Å². The van der Waals surface area contributed by atoms with Crippen molar-refractivity contribution in [2.45, 2.75) is 26.4 Å². The molecule has 0 radical (unpaired) electrons. The molecule has 0 atom stereocenters. The summed E-state index contributed by atoms with van der Waals surface area (Å²) in [5.74, 6) is 0.315. The van der Waals surface area contributed by atoms with Crippen LogP contribution >= 0.6 is 0 Å². The lowest BCUT2D eigenvalue weighted by molar-refractivity contribution is 0.1000. The number of primary amides is 1. The Balaban J connectivity index is 2.79. The second kappa shape index (κ2) is 3.70. The molecule has 0 aliphatic heterocycles. The van der Waals surface area contributed by atoms with E-state index in [0.29, 0.717) is 5.56 Å². The molecule has 0 spiro atoms. The van der Waals surface area contributed by atoms with E-state index < -0.39 is 5.91 Å². The van der Waals surface area contributed by atoms with Crippen molar-refractivity contribution in [2.24, 2.45) is 5.73 Å². The van der Waals surface area contributed by atoms with Crippen LogP contribution in [-0.4, -0.2) is 11.5 Å². The van der Waals surface area contributed by atoms with Gasteiger partial charge in [0.05, 0.1) is 0 Å². The lowest BCUT2D eigenvalue weighted by Crippen LogP contribution is -2.23. The van der Waals surface area contributed by atoms with Gasteiger partial charge in [-0.1, -0.05) is 0 Å². The van der Waals surface area contributed by atoms with Gasteiger partial charge in [0.15, 0.2) is 0 Å². The zero-order valence-electron chi connectivity index (χ0n) is 8.70. The first-order chi connectivity index (χ1) is 6.38. The Labute approximate surface area is 83.9 Å². The highest BCUT2D eigenvalue weighted by Gasteiger charge is 2.11. The minimum atomic E-state index is -0.424. The van der Waals surface area contributed by atoms with E-state index in [1.54, 1.807) is 24.3 Å². The van der Waals surface area contributed by atoms with Crippen molar-refractivity contribution in [3.05, 3.63) is 29.8 Å². The van der Waals surface area contributed by atoms with E-state index in [9.17, 15) is 4.79 Å². The summed E-state index contributed by atoms with van der Waals surface area (Å²) in [4.78, 5) is 10.8. The molecule has 0 saturated carbocycles. The van der Waals surface area contributed by atoms with Crippen molar-refractivity contribution < 1.29 is 9.53 Å². The molecule has 0 saturated heterocycles. The number of hydrogen-bond donors (Lipinski definition) is 1. The molecule has 0 aliphatic carbocycles. The van der Waals surface area contributed by atoms with Crippen LogP contribution in [0.2, 0.25) is 0 Å². The number of benzene rings is 1. The van der Waals surface area contributed by atoms with Crippen molar-refractivity contribution in [2.75, 3.05) is 0 Å². The van der Waals surface area contributed by atoms with Crippen LogP contribution in [-0.2, 0) is 0 Å². The number of hydrogen-bond acceptors (Lipinski definition) is 2. The average molecular weight is 193 g/mol. The molecule has 0 fully saturated rings. The van der Waals surface area contributed by atoms with Crippen LogP contribution in [0.3, 0.4) is 0 Å². The fourth-order valence-corrected chi connectivity index (χ4v) is 1.04. The van der Waals surface area contributed by atoms with Crippen molar-refractivity contribution in [3.8, 4) is 5.75 Å². The standard InChI is InChI=1S/C11H15NO2/c1-11(2,3)14-9-6-4-8(5-7-9)10(12)13/h4-7H,1-3H3,(H2,12,13). The van der Waals surface area contributed by atoms with Crippen LogP contribution in [0.15, 0.2) is 24.3 Å². The predicted molar refractivity (Wildman–Crippen MR) is 55.3 cm³/mol. The number of carbonyl (C=O) groups is 1. The molecule has 1 aromatic carbocycles. The van der Waals surface area contributed by atoms with Crippen LogP contribution in [0.4, 0.5) is 0 Å². The predicted octanol–water partition coefficient (Wildman–Crippen LogP) is 1.96. The second-order valence-corrected chi connectivity index (χ2v) is 4.10. The molecular formula is C11H15NO2. The summed E-state index contributed by atoms with van der Waals surface area (Å²) in [6.45, 7) is 5.90. The van der Waals surface area contributed by atoms with Crippen molar-refractivity contribution in [3.63, 3.8) is 0 Å². The molecule has 3 heteroatoms. The van der Waals surface area contributed by atoms with E-state index in [4.69, 9.17) is 10.5 Å². The van der Waals surface area contributed by atoms with Gasteiger partial charge in [-0.15, -0.1) is 0 Å². The fourth-order valence-electron chi connectivity index (χ4n) is 1.04. The molecule has 1 rings (SSSR count). The van der Waals surface area contributed by atoms with Gasteiger partial charge < -0.3 is 10.5 Å². The summed E-state index contributed by atoms with van der Waals surface area (Å²) in [6, 6.07) is 6.80. The molecule has 1 aromatic rings. The number of ether oxygens (including phenoxy) is 1. The number of nitrogens with two attached hydrogens (primary N) is 1. The smallest absolute Gasteiger partial charge is 0.248 e. The monoisotopic (exact) mass is 193 g/mol. The first-order valence-corrected chi connectivity index (χ1v) is 4.47. The second-order valence-electron chi connectivity index (χ2n) is 4.10. The zero-order chi connectivity index (χ0) is 10.8. The Bertz CT molecular complexity index is 322. The third-order valence-electron chi connectivity index (χ3n) is 1.56. The van der Waals surface area contributed by atoms with Crippen molar-refractivity contribution in [1.29, 1.82) is 0 Å². The highest BCUT2D eigenvalue weighted by Crippen LogP contribution is 2.18. The molecule has 0 aromatic heterocycles. The zero-order valence-corrected chi connectivity index (χ0v) is 8.70. The van der Waals surface area contributed by atoms with Gasteiger partial charge in [-0.25, -0.2) is 0 Å². The molecule has 76 valence electrons. The minimum absolute atomic E-state index is 0.228. The average Bonchev–Trinajstić information content (AvgIpc) is 2.02. The Morgan fingerprint density at radius 1 is 1.21 bits per heavy atom. The Kier molecular flexibility index (Phi) is 2.79. The van der Waals surface area contributed by atoms with Crippen LogP contribution in [0.5, 0.6) is 5.75 Å². The summed E-state index contributed by atoms with van der Waals surface area (Å²) in [5.41, 5.74) is 5.38. The van der Waals surface area contributed by atoms with Crippen LogP contribution in [0, 0.1) is 0 Å². The number of carbonyl (C=O) groups excluding carboxylic acids is 1. The first kappa shape index (κ1) is 10.6. The van der Waals surface area contributed by atoms with E-state index in [1.165, 1.54) is 0 Å². The largest absolute Gasteiger partial charge is 0.488 e. The quantitative estimate of drug-likeness (QED) is 0.780. The number of rotatable bonds is 2. The van der Waals surface area contributed by atoms with Gasteiger partial charge in [0.2, 0.25) is 5.91 Å². The summed E-state index contributed by atoms with van der Waals surface area (Å²) >= 11 is 0. The van der Waals surface area contributed by atoms with E-state index >= 15 is 0 Å². The van der Waals surface area contributed by atoms with Gasteiger partial charge in [0.1, 0.15) is 11.4 Å². The highest BCUT2D eigenvalue weighted by atomic mass is 16.5. The Hall–Kier alpha value is -1.51. The lowest BCUT2D eigenvalue weighted by atomic mass is 10.1. The Morgan fingerprint density at radius 2 is 1.71 bits per heavy atom. The topological polar surface area (TPSA) is 52.3 Å². The maximum atomic E-state index is 10.8. The van der Waals surface area contributed by atoms with Gasteiger partial charge in [-0.2, -0.15) is 0 Å². The van der Waals surface area contributed by atoms with Gasteiger partial charge >= 0.3 is 0 Å². The molecule has 3 nitrogen and oxygen atoms in total. The third kappa shape index (κ3) is 3.09. The fraction of sp³-hybridized carbons (Fsp3) is 0.364. The van der Waals surface area contributed by atoms with Crippen LogP contribution in [0.1, 0.15) is 31.1 Å². The van der Waals surface area contributed by atoms with E-state index in [0.717, 1.165) is 5.75 Å². The minimum Gasteiger partial charge on any atom is -0.488 e. The Morgan fingerprint density at radius 3 is 2.07 bits per heavy atom. The maximum Gasteiger partial charge on any atom is 0.248 e. The van der Waals surface area contributed by atoms with Crippen molar-refractivity contribution in [1.82, 2.24) is 0 Å². The van der Waals surface area contributed by atoms with Crippen LogP contribution in [0.25, 0.3) is 0 Å². The molecule has 0 heterocycles. The summed E-state index contributed by atoms with van der Waals surface area (Å²) < 4.78 is 5.58. The van der Waals surface area contributed by atoms with Gasteiger partial charge in [0, 0.05) is 5.56 Å². The highest BCUT2D eigenvalue weighted by molar-refractivity contribution is 5.92. The van der Waals surface area contributed by atoms with Gasteiger partial charge in [0.25, 0.3) is 0 Å². The lowest BCUT2D eigenvalue weighted by Gasteiger charge is -2.21. The SMILES string of the molecule is CC(C)(C)Oc1ccc(C(N)=O)cc1. The molecule has 0 aliphatic rings. The molecule has 2 N–H and O–H groups in total. The molecule has 0 bridgehead atoms. The van der Waals surface area contributed by atoms with Crippen molar-refractivity contribution >= 4 is 5.91 Å². The normalized spacial score (nSPS) is 11.1. The summed E-state index contributed by atoms with van der Waals surface area (Å²) in [6.07, 6.45) is 0. The van der Waals surface area contributed by atoms with Gasteiger partial charge in [-0.05, 0) is 45.0 Å². The maximum absolute atomic E-state index is 10.8. The third-order valence-corrected chi connectivity index (χ3v) is 1.56. The molecule has 0 unspecified atom stereocenters.